The highest BCUT2D eigenvalue weighted by molar-refractivity contribution is 7.98. The summed E-state index contributed by atoms with van der Waals surface area (Å²) in [6, 6.07) is 7.48. The zero-order chi connectivity index (χ0) is 16.1. The fraction of sp³-hybridized carbons (Fsp3) is 0.375. The van der Waals surface area contributed by atoms with Gasteiger partial charge in [-0.25, -0.2) is 9.97 Å². The molecule has 7 heteroatoms. The molecule has 0 aromatic carbocycles. The van der Waals surface area contributed by atoms with Gasteiger partial charge in [-0.15, -0.1) is 0 Å². The molecular formula is C16H19N5OS. The average molecular weight is 329 g/mol. The van der Waals surface area contributed by atoms with Crippen LogP contribution >= 0.6 is 11.8 Å². The number of carbonyl (C=O) groups is 1. The molecule has 0 atom stereocenters. The number of thioether (sulfide) groups is 1. The van der Waals surface area contributed by atoms with E-state index in [1.807, 2.05) is 18.4 Å². The van der Waals surface area contributed by atoms with Crippen molar-refractivity contribution in [2.75, 3.05) is 24.2 Å². The number of rotatable bonds is 4. The predicted octanol–water partition coefficient (Wildman–Crippen LogP) is 1.99. The Bertz CT molecular complexity index is 659. The Morgan fingerprint density at radius 2 is 2.04 bits per heavy atom. The SMILES string of the molecule is CSc1nccc(N2CCC(NC(=O)c3ccccn3)CC2)n1. The van der Waals surface area contributed by atoms with E-state index in [-0.39, 0.29) is 11.9 Å². The van der Waals surface area contributed by atoms with Crippen LogP contribution in [0, 0.1) is 0 Å². The van der Waals surface area contributed by atoms with E-state index in [4.69, 9.17) is 0 Å². The van der Waals surface area contributed by atoms with Gasteiger partial charge < -0.3 is 10.2 Å². The molecule has 0 spiro atoms. The molecule has 3 heterocycles. The van der Waals surface area contributed by atoms with Crippen molar-refractivity contribution in [2.45, 2.75) is 24.0 Å². The fourth-order valence-electron chi connectivity index (χ4n) is 2.62. The van der Waals surface area contributed by atoms with Crippen LogP contribution < -0.4 is 10.2 Å². The Kier molecular flexibility index (Phi) is 5.07. The second-order valence-corrected chi connectivity index (χ2v) is 6.12. The number of piperidine rings is 1. The number of anilines is 1. The summed E-state index contributed by atoms with van der Waals surface area (Å²) in [4.78, 5) is 27.2. The van der Waals surface area contributed by atoms with Crippen molar-refractivity contribution in [2.24, 2.45) is 0 Å². The minimum absolute atomic E-state index is 0.101. The summed E-state index contributed by atoms with van der Waals surface area (Å²) in [7, 11) is 0. The highest BCUT2D eigenvalue weighted by Crippen LogP contribution is 2.19. The topological polar surface area (TPSA) is 71.0 Å². The van der Waals surface area contributed by atoms with Gasteiger partial charge in [0.1, 0.15) is 11.5 Å². The molecule has 1 aliphatic rings. The van der Waals surface area contributed by atoms with Crippen LogP contribution in [0.1, 0.15) is 23.3 Å². The van der Waals surface area contributed by atoms with E-state index in [0.29, 0.717) is 5.69 Å². The Morgan fingerprint density at radius 3 is 2.74 bits per heavy atom. The fourth-order valence-corrected chi connectivity index (χ4v) is 2.97. The second-order valence-electron chi connectivity index (χ2n) is 5.35. The maximum Gasteiger partial charge on any atom is 0.270 e. The van der Waals surface area contributed by atoms with Gasteiger partial charge in [-0.3, -0.25) is 9.78 Å². The summed E-state index contributed by atoms with van der Waals surface area (Å²) in [6.45, 7) is 1.75. The average Bonchev–Trinajstić information content (AvgIpc) is 2.63. The summed E-state index contributed by atoms with van der Waals surface area (Å²) in [6.07, 6.45) is 7.20. The quantitative estimate of drug-likeness (QED) is 0.683. The standard InChI is InChI=1S/C16H19N5OS/c1-23-16-18-9-5-14(20-16)21-10-6-12(7-11-21)19-15(22)13-4-2-3-8-17-13/h2-5,8-9,12H,6-7,10-11H2,1H3,(H,19,22). The molecule has 0 bridgehead atoms. The lowest BCUT2D eigenvalue weighted by atomic mass is 10.0. The second kappa shape index (κ2) is 7.41. The van der Waals surface area contributed by atoms with E-state index in [9.17, 15) is 4.79 Å². The predicted molar refractivity (Wildman–Crippen MR) is 90.8 cm³/mol. The number of aromatic nitrogens is 3. The van der Waals surface area contributed by atoms with Crippen LogP contribution in [0.25, 0.3) is 0 Å². The Morgan fingerprint density at radius 1 is 1.22 bits per heavy atom. The van der Waals surface area contributed by atoms with Crippen molar-refractivity contribution in [1.29, 1.82) is 0 Å². The first-order chi connectivity index (χ1) is 11.3. The summed E-state index contributed by atoms with van der Waals surface area (Å²) < 4.78 is 0. The number of pyridine rings is 1. The van der Waals surface area contributed by atoms with Crippen molar-refractivity contribution >= 4 is 23.5 Å². The lowest BCUT2D eigenvalue weighted by Gasteiger charge is -2.33. The van der Waals surface area contributed by atoms with E-state index < -0.39 is 0 Å². The van der Waals surface area contributed by atoms with Gasteiger partial charge in [-0.1, -0.05) is 17.8 Å². The largest absolute Gasteiger partial charge is 0.356 e. The van der Waals surface area contributed by atoms with Crippen molar-refractivity contribution < 1.29 is 4.79 Å². The number of hydrogen-bond acceptors (Lipinski definition) is 6. The maximum atomic E-state index is 12.1. The molecule has 1 aliphatic heterocycles. The van der Waals surface area contributed by atoms with E-state index in [0.717, 1.165) is 36.9 Å². The molecule has 6 nitrogen and oxygen atoms in total. The number of carbonyl (C=O) groups excluding carboxylic acids is 1. The van der Waals surface area contributed by atoms with E-state index >= 15 is 0 Å². The van der Waals surface area contributed by atoms with Crippen molar-refractivity contribution in [3.8, 4) is 0 Å². The molecule has 1 amide bonds. The third-order valence-electron chi connectivity index (χ3n) is 3.85. The summed E-state index contributed by atoms with van der Waals surface area (Å²) in [5.41, 5.74) is 0.468. The van der Waals surface area contributed by atoms with Gasteiger partial charge in [-0.05, 0) is 37.3 Å². The van der Waals surface area contributed by atoms with Gasteiger partial charge in [0.15, 0.2) is 5.16 Å². The molecule has 1 saturated heterocycles. The molecule has 0 aliphatic carbocycles. The van der Waals surface area contributed by atoms with Crippen LogP contribution in [0.4, 0.5) is 5.82 Å². The first kappa shape index (κ1) is 15.7. The van der Waals surface area contributed by atoms with Gasteiger partial charge in [0, 0.05) is 31.5 Å². The number of nitrogens with one attached hydrogen (secondary N) is 1. The maximum absolute atomic E-state index is 12.1. The van der Waals surface area contributed by atoms with Crippen molar-refractivity contribution in [3.05, 3.63) is 42.4 Å². The van der Waals surface area contributed by atoms with Crippen LogP contribution in [0.3, 0.4) is 0 Å². The molecule has 2 aromatic rings. The van der Waals surface area contributed by atoms with Gasteiger partial charge in [0.2, 0.25) is 0 Å². The molecule has 23 heavy (non-hydrogen) atoms. The van der Waals surface area contributed by atoms with Crippen LogP contribution in [-0.2, 0) is 0 Å². The van der Waals surface area contributed by atoms with Crippen LogP contribution in [0.2, 0.25) is 0 Å². The smallest absolute Gasteiger partial charge is 0.270 e. The zero-order valence-corrected chi connectivity index (χ0v) is 13.8. The minimum Gasteiger partial charge on any atom is -0.356 e. The van der Waals surface area contributed by atoms with Crippen LogP contribution in [0.5, 0.6) is 0 Å². The van der Waals surface area contributed by atoms with E-state index in [1.54, 1.807) is 36.3 Å². The van der Waals surface area contributed by atoms with E-state index in [1.165, 1.54) is 0 Å². The van der Waals surface area contributed by atoms with Crippen LogP contribution in [-0.4, -0.2) is 46.2 Å². The molecular weight excluding hydrogens is 310 g/mol. The molecule has 0 radical (unpaired) electrons. The Balaban J connectivity index is 1.55. The molecule has 120 valence electrons. The molecule has 3 rings (SSSR count). The normalized spacial score (nSPS) is 15.4. The summed E-state index contributed by atoms with van der Waals surface area (Å²) in [5.74, 6) is 0.856. The lowest BCUT2D eigenvalue weighted by Crippen LogP contribution is -2.45. The summed E-state index contributed by atoms with van der Waals surface area (Å²) >= 11 is 1.54. The third kappa shape index (κ3) is 3.98. The van der Waals surface area contributed by atoms with Crippen LogP contribution in [0.15, 0.2) is 41.8 Å². The summed E-state index contributed by atoms with van der Waals surface area (Å²) in [5, 5.41) is 3.85. The molecule has 0 saturated carbocycles. The molecule has 2 aromatic heterocycles. The highest BCUT2D eigenvalue weighted by atomic mass is 32.2. The van der Waals surface area contributed by atoms with Gasteiger partial charge in [0.05, 0.1) is 0 Å². The first-order valence-electron chi connectivity index (χ1n) is 7.60. The number of nitrogens with zero attached hydrogens (tertiary/aromatic N) is 4. The van der Waals surface area contributed by atoms with Crippen molar-refractivity contribution in [3.63, 3.8) is 0 Å². The Labute approximate surface area is 139 Å². The van der Waals surface area contributed by atoms with Gasteiger partial charge in [-0.2, -0.15) is 0 Å². The third-order valence-corrected chi connectivity index (χ3v) is 4.41. The molecule has 1 N–H and O–H groups in total. The molecule has 0 unspecified atom stereocenters. The zero-order valence-electron chi connectivity index (χ0n) is 13.0. The number of amides is 1. The monoisotopic (exact) mass is 329 g/mol. The Hall–Kier alpha value is -2.15. The van der Waals surface area contributed by atoms with Gasteiger partial charge in [0.25, 0.3) is 5.91 Å². The molecule has 1 fully saturated rings. The first-order valence-corrected chi connectivity index (χ1v) is 8.82. The van der Waals surface area contributed by atoms with Gasteiger partial charge >= 0.3 is 0 Å². The highest BCUT2D eigenvalue weighted by Gasteiger charge is 2.22. The van der Waals surface area contributed by atoms with E-state index in [2.05, 4.69) is 25.2 Å². The van der Waals surface area contributed by atoms with Crippen molar-refractivity contribution in [1.82, 2.24) is 20.3 Å². The lowest BCUT2D eigenvalue weighted by molar-refractivity contribution is 0.0926. The number of hydrogen-bond donors (Lipinski definition) is 1. The minimum atomic E-state index is -0.101.